The fourth-order valence-electron chi connectivity index (χ4n) is 7.75. The predicted octanol–water partition coefficient (Wildman–Crippen LogP) is 5.89. The molecule has 4 aliphatic carbocycles. The third-order valence-electron chi connectivity index (χ3n) is 9.39. The molecule has 0 heterocycles. The summed E-state index contributed by atoms with van der Waals surface area (Å²) >= 11 is 0. The Morgan fingerprint density at radius 1 is 1.21 bits per heavy atom. The molecule has 7 atom stereocenters. The Labute approximate surface area is 176 Å². The number of rotatable bonds is 5. The topological polar surface area (TPSA) is 43.4 Å². The van der Waals surface area contributed by atoms with Crippen LogP contribution >= 0.6 is 0 Å². The monoisotopic (exact) mass is 398 g/mol. The lowest BCUT2D eigenvalue weighted by atomic mass is 9.48. The number of ether oxygens (including phenoxy) is 1. The van der Waals surface area contributed by atoms with Crippen LogP contribution < -0.4 is 0 Å². The summed E-state index contributed by atoms with van der Waals surface area (Å²) in [6.45, 7) is 9.67. The van der Waals surface area contributed by atoms with E-state index in [1.807, 2.05) is 13.0 Å². The van der Waals surface area contributed by atoms with E-state index < -0.39 is 0 Å². The number of fused-ring (bicyclic) bond motifs is 5. The first kappa shape index (κ1) is 20.9. The first-order valence-electron chi connectivity index (χ1n) is 11.9. The van der Waals surface area contributed by atoms with Crippen molar-refractivity contribution in [1.29, 1.82) is 0 Å². The minimum Gasteiger partial charge on any atom is -0.466 e. The van der Waals surface area contributed by atoms with Crippen LogP contribution in [0.4, 0.5) is 0 Å². The number of ketones is 1. The van der Waals surface area contributed by atoms with Crippen LogP contribution in [0.1, 0.15) is 79.1 Å². The van der Waals surface area contributed by atoms with Crippen molar-refractivity contribution in [3.05, 3.63) is 23.8 Å². The minimum absolute atomic E-state index is 0.0444. The summed E-state index contributed by atoms with van der Waals surface area (Å²) < 4.78 is 5.15. The van der Waals surface area contributed by atoms with E-state index in [0.29, 0.717) is 54.3 Å². The van der Waals surface area contributed by atoms with Gasteiger partial charge in [0.15, 0.2) is 5.78 Å². The van der Waals surface area contributed by atoms with Crippen LogP contribution in [0.15, 0.2) is 23.8 Å². The van der Waals surface area contributed by atoms with Gasteiger partial charge in [-0.3, -0.25) is 9.59 Å². The van der Waals surface area contributed by atoms with Gasteiger partial charge < -0.3 is 4.74 Å². The Bertz CT molecular complexity index is 734. The van der Waals surface area contributed by atoms with Crippen LogP contribution in [0.5, 0.6) is 0 Å². The first-order valence-corrected chi connectivity index (χ1v) is 11.9. The largest absolute Gasteiger partial charge is 0.466 e. The molecule has 0 aromatic carbocycles. The van der Waals surface area contributed by atoms with Crippen molar-refractivity contribution in [2.75, 3.05) is 6.61 Å². The van der Waals surface area contributed by atoms with Crippen LogP contribution in [-0.4, -0.2) is 18.4 Å². The van der Waals surface area contributed by atoms with E-state index >= 15 is 0 Å². The van der Waals surface area contributed by atoms with Crippen LogP contribution in [0.3, 0.4) is 0 Å². The van der Waals surface area contributed by atoms with Gasteiger partial charge in [0.25, 0.3) is 0 Å². The lowest BCUT2D eigenvalue weighted by Gasteiger charge is -2.56. The van der Waals surface area contributed by atoms with Crippen LogP contribution in [0.2, 0.25) is 0 Å². The minimum atomic E-state index is -0.0444. The highest BCUT2D eigenvalue weighted by atomic mass is 16.5. The summed E-state index contributed by atoms with van der Waals surface area (Å²) in [5.74, 6) is 3.59. The average Bonchev–Trinajstić information content (AvgIpc) is 3.04. The molecule has 4 unspecified atom stereocenters. The van der Waals surface area contributed by atoms with Gasteiger partial charge in [0, 0.05) is 12.8 Å². The van der Waals surface area contributed by atoms with Gasteiger partial charge in [-0.1, -0.05) is 32.9 Å². The van der Waals surface area contributed by atoms with Crippen molar-refractivity contribution < 1.29 is 14.3 Å². The van der Waals surface area contributed by atoms with Crippen molar-refractivity contribution in [3.8, 4) is 0 Å². The Kier molecular flexibility index (Phi) is 5.55. The number of carbonyl (C=O) groups excluding carboxylic acids is 2. The van der Waals surface area contributed by atoms with Gasteiger partial charge in [-0.15, -0.1) is 0 Å². The molecule has 29 heavy (non-hydrogen) atoms. The zero-order valence-corrected chi connectivity index (χ0v) is 18.7. The second-order valence-corrected chi connectivity index (χ2v) is 10.7. The maximum atomic E-state index is 12.0. The predicted molar refractivity (Wildman–Crippen MR) is 115 cm³/mol. The summed E-state index contributed by atoms with van der Waals surface area (Å²) in [6.07, 6.45) is 15.1. The standard InChI is InChI=1S/C26H38O3/c1-5-29-24(28)11-6-17(2)21-9-10-22-20-8-7-18-16-19(27)12-14-25(18,3)23(20)13-15-26(21,22)4/h7-8,16-17,20-23H,5-6,9-15H2,1-4H3/t17-,20?,21?,22?,23?,25+,26-/m1/s1. The lowest BCUT2D eigenvalue weighted by Crippen LogP contribution is -2.49. The van der Waals surface area contributed by atoms with Gasteiger partial charge in [0.1, 0.15) is 0 Å². The van der Waals surface area contributed by atoms with Gasteiger partial charge in [0.05, 0.1) is 6.61 Å². The second kappa shape index (κ2) is 7.71. The zero-order chi connectivity index (χ0) is 20.8. The average molecular weight is 399 g/mol. The van der Waals surface area contributed by atoms with E-state index in [-0.39, 0.29) is 11.4 Å². The Morgan fingerprint density at radius 3 is 2.76 bits per heavy atom. The van der Waals surface area contributed by atoms with Crippen LogP contribution in [0, 0.1) is 40.4 Å². The maximum Gasteiger partial charge on any atom is 0.305 e. The molecule has 0 spiro atoms. The fourth-order valence-corrected chi connectivity index (χ4v) is 7.75. The number of esters is 1. The zero-order valence-electron chi connectivity index (χ0n) is 18.7. The van der Waals surface area contributed by atoms with Gasteiger partial charge in [-0.2, -0.15) is 0 Å². The third kappa shape index (κ3) is 3.43. The molecule has 0 amide bonds. The highest BCUT2D eigenvalue weighted by Gasteiger charge is 2.58. The molecule has 160 valence electrons. The number of allylic oxidation sites excluding steroid dienone is 4. The Hall–Kier alpha value is -1.38. The molecule has 0 aliphatic heterocycles. The van der Waals surface area contributed by atoms with Crippen molar-refractivity contribution in [2.24, 2.45) is 40.4 Å². The molecule has 2 saturated carbocycles. The van der Waals surface area contributed by atoms with Crippen LogP contribution in [0.25, 0.3) is 0 Å². The highest BCUT2D eigenvalue weighted by Crippen LogP contribution is 2.66. The van der Waals surface area contributed by atoms with Gasteiger partial charge in [-0.25, -0.2) is 0 Å². The molecular formula is C26H38O3. The Balaban J connectivity index is 1.51. The number of hydrogen-bond acceptors (Lipinski definition) is 3. The number of carbonyl (C=O) groups is 2. The van der Waals surface area contributed by atoms with E-state index in [0.717, 1.165) is 18.8 Å². The molecule has 0 radical (unpaired) electrons. The first-order chi connectivity index (χ1) is 13.8. The third-order valence-corrected chi connectivity index (χ3v) is 9.39. The van der Waals surface area contributed by atoms with Gasteiger partial charge >= 0.3 is 5.97 Å². The summed E-state index contributed by atoms with van der Waals surface area (Å²) in [5, 5.41) is 0. The highest BCUT2D eigenvalue weighted by molar-refractivity contribution is 5.92. The van der Waals surface area contributed by atoms with E-state index in [2.05, 4.69) is 32.9 Å². The molecular weight excluding hydrogens is 360 g/mol. The van der Waals surface area contributed by atoms with E-state index in [1.54, 1.807) is 0 Å². The van der Waals surface area contributed by atoms with Crippen molar-refractivity contribution in [2.45, 2.75) is 79.1 Å². The van der Waals surface area contributed by atoms with Crippen LogP contribution in [-0.2, 0) is 14.3 Å². The second-order valence-electron chi connectivity index (χ2n) is 10.7. The quantitative estimate of drug-likeness (QED) is 0.542. The maximum absolute atomic E-state index is 12.0. The Morgan fingerprint density at radius 2 is 2.00 bits per heavy atom. The molecule has 0 aromatic rings. The molecule has 3 nitrogen and oxygen atoms in total. The summed E-state index contributed by atoms with van der Waals surface area (Å²) in [5.41, 5.74) is 1.85. The van der Waals surface area contributed by atoms with Crippen molar-refractivity contribution >= 4 is 11.8 Å². The van der Waals surface area contributed by atoms with E-state index in [1.165, 1.54) is 31.3 Å². The molecule has 0 saturated heterocycles. The molecule has 3 heteroatoms. The summed E-state index contributed by atoms with van der Waals surface area (Å²) in [6, 6.07) is 0. The lowest BCUT2D eigenvalue weighted by molar-refractivity contribution is -0.143. The molecule has 0 bridgehead atoms. The number of hydrogen-bond donors (Lipinski definition) is 0. The molecule has 4 rings (SSSR count). The summed E-state index contributed by atoms with van der Waals surface area (Å²) in [7, 11) is 0. The van der Waals surface area contributed by atoms with Crippen molar-refractivity contribution in [3.63, 3.8) is 0 Å². The molecule has 0 N–H and O–H groups in total. The fraction of sp³-hybridized carbons (Fsp3) is 0.769. The molecule has 0 aromatic heterocycles. The molecule has 4 aliphatic rings. The molecule has 2 fully saturated rings. The van der Waals surface area contributed by atoms with Gasteiger partial charge in [-0.05, 0) is 97.5 Å². The smallest absolute Gasteiger partial charge is 0.305 e. The summed E-state index contributed by atoms with van der Waals surface area (Å²) in [4.78, 5) is 23.8. The van der Waals surface area contributed by atoms with Gasteiger partial charge in [0.2, 0.25) is 0 Å². The van der Waals surface area contributed by atoms with E-state index in [4.69, 9.17) is 4.74 Å². The normalized spacial score (nSPS) is 41.8. The van der Waals surface area contributed by atoms with E-state index in [9.17, 15) is 9.59 Å². The van der Waals surface area contributed by atoms with Crippen molar-refractivity contribution in [1.82, 2.24) is 0 Å². The SMILES string of the molecule is CCOC(=O)CC[C@@H](C)C1CCC2C3C=CC4=CC(=O)CC[C@]4(C)C3CC[C@@]21C.